The molecule has 1 atom stereocenters. The minimum Gasteiger partial charge on any atom is -0.336 e. The van der Waals surface area contributed by atoms with Crippen molar-refractivity contribution in [3.05, 3.63) is 35.4 Å². The number of amides is 1. The van der Waals surface area contributed by atoms with Gasteiger partial charge < -0.3 is 4.90 Å². The molecule has 0 radical (unpaired) electrons. The van der Waals surface area contributed by atoms with Crippen molar-refractivity contribution in [2.45, 2.75) is 52.1 Å². The van der Waals surface area contributed by atoms with E-state index in [9.17, 15) is 13.2 Å². The molecule has 1 amide bonds. The first-order valence-electron chi connectivity index (χ1n) is 8.30. The topological polar surface area (TPSA) is 66.5 Å². The van der Waals surface area contributed by atoms with Crippen LogP contribution in [0.3, 0.4) is 0 Å². The Balaban J connectivity index is 1.97. The minimum atomic E-state index is -3.21. The third kappa shape index (κ3) is 5.04. The number of nitrogens with zero attached hydrogens (tertiary/aromatic N) is 1. The third-order valence-corrected chi connectivity index (χ3v) is 5.76. The van der Waals surface area contributed by atoms with Gasteiger partial charge in [0.15, 0.2) is 0 Å². The fraction of sp³-hybridized carbons (Fsp3) is 0.588. The Morgan fingerprint density at radius 1 is 1.26 bits per heavy atom. The maximum atomic E-state index is 12.5. The summed E-state index contributed by atoms with van der Waals surface area (Å²) in [7, 11) is -3.21. The Bertz CT molecular complexity index is 626. The van der Waals surface area contributed by atoms with Crippen LogP contribution in [-0.4, -0.2) is 37.6 Å². The molecule has 0 aliphatic carbocycles. The number of piperidine rings is 1. The smallest absolute Gasteiger partial charge is 0.254 e. The van der Waals surface area contributed by atoms with Crippen molar-refractivity contribution in [2.75, 3.05) is 12.3 Å². The van der Waals surface area contributed by atoms with Crippen LogP contribution in [0.15, 0.2) is 24.3 Å². The highest BCUT2D eigenvalue weighted by molar-refractivity contribution is 7.89. The van der Waals surface area contributed by atoms with Gasteiger partial charge in [0.05, 0.1) is 5.75 Å². The van der Waals surface area contributed by atoms with Gasteiger partial charge in [-0.05, 0) is 50.3 Å². The van der Waals surface area contributed by atoms with Crippen molar-refractivity contribution in [1.82, 2.24) is 9.62 Å². The molecule has 1 fully saturated rings. The first kappa shape index (κ1) is 17.9. The summed E-state index contributed by atoms with van der Waals surface area (Å²) in [4.78, 5) is 14.5. The Hall–Kier alpha value is -1.40. The highest BCUT2D eigenvalue weighted by Gasteiger charge is 2.24. The molecule has 1 aromatic carbocycles. The zero-order valence-electron chi connectivity index (χ0n) is 13.9. The van der Waals surface area contributed by atoms with Crippen molar-refractivity contribution in [2.24, 2.45) is 0 Å². The van der Waals surface area contributed by atoms with E-state index in [0.29, 0.717) is 12.0 Å². The van der Waals surface area contributed by atoms with Gasteiger partial charge in [0.1, 0.15) is 0 Å². The predicted octanol–water partition coefficient (Wildman–Crippen LogP) is 2.53. The quantitative estimate of drug-likeness (QED) is 0.867. The Labute approximate surface area is 139 Å². The van der Waals surface area contributed by atoms with Crippen LogP contribution in [0.25, 0.3) is 0 Å². The second-order valence-electron chi connectivity index (χ2n) is 6.18. The van der Waals surface area contributed by atoms with Gasteiger partial charge in [-0.25, -0.2) is 13.1 Å². The molecule has 1 aliphatic rings. The normalized spacial score (nSPS) is 18.9. The summed E-state index contributed by atoms with van der Waals surface area (Å²) < 4.78 is 25.9. The molecule has 1 saturated heterocycles. The van der Waals surface area contributed by atoms with Gasteiger partial charge in [0, 0.05) is 24.7 Å². The Kier molecular flexibility index (Phi) is 6.18. The standard InChI is InChI=1S/C17H26N2O3S/c1-3-12-23(21,22)18-13-15-7-9-16(10-8-15)17(20)19-11-5-4-6-14(19)2/h7-10,14,18H,3-6,11-13H2,1-2H3/t14-/m0/s1. The average molecular weight is 338 g/mol. The molecule has 0 spiro atoms. The van der Waals surface area contributed by atoms with Crippen molar-refractivity contribution >= 4 is 15.9 Å². The van der Waals surface area contributed by atoms with Crippen molar-refractivity contribution in [1.29, 1.82) is 0 Å². The lowest BCUT2D eigenvalue weighted by molar-refractivity contribution is 0.0635. The minimum absolute atomic E-state index is 0.0651. The molecule has 0 saturated carbocycles. The largest absolute Gasteiger partial charge is 0.336 e. The zero-order chi connectivity index (χ0) is 16.9. The third-order valence-electron chi connectivity index (χ3n) is 4.23. The molecule has 0 aromatic heterocycles. The predicted molar refractivity (Wildman–Crippen MR) is 91.7 cm³/mol. The summed E-state index contributed by atoms with van der Waals surface area (Å²) in [5, 5.41) is 0. The molecule has 23 heavy (non-hydrogen) atoms. The van der Waals surface area contributed by atoms with E-state index < -0.39 is 10.0 Å². The molecule has 1 aliphatic heterocycles. The van der Waals surface area contributed by atoms with E-state index in [2.05, 4.69) is 11.6 Å². The van der Waals surface area contributed by atoms with Gasteiger partial charge in [-0.15, -0.1) is 0 Å². The average Bonchev–Trinajstić information content (AvgIpc) is 2.53. The summed E-state index contributed by atoms with van der Waals surface area (Å²) >= 11 is 0. The van der Waals surface area contributed by atoms with E-state index in [-0.39, 0.29) is 24.2 Å². The van der Waals surface area contributed by atoms with Gasteiger partial charge in [-0.3, -0.25) is 4.79 Å². The summed E-state index contributed by atoms with van der Waals surface area (Å²) in [5.74, 6) is 0.200. The molecule has 1 aromatic rings. The Morgan fingerprint density at radius 2 is 1.96 bits per heavy atom. The zero-order valence-corrected chi connectivity index (χ0v) is 14.7. The molecule has 0 unspecified atom stereocenters. The van der Waals surface area contributed by atoms with Gasteiger partial charge in [0.2, 0.25) is 10.0 Å². The van der Waals surface area contributed by atoms with Crippen molar-refractivity contribution in [3.8, 4) is 0 Å². The van der Waals surface area contributed by atoms with Crippen LogP contribution in [0, 0.1) is 0 Å². The highest BCUT2D eigenvalue weighted by Crippen LogP contribution is 2.19. The first-order chi connectivity index (χ1) is 10.9. The maximum absolute atomic E-state index is 12.5. The fourth-order valence-corrected chi connectivity index (χ4v) is 3.93. The molecule has 1 heterocycles. The summed E-state index contributed by atoms with van der Waals surface area (Å²) in [6, 6.07) is 7.49. The van der Waals surface area contributed by atoms with Gasteiger partial charge in [-0.2, -0.15) is 0 Å². The molecular weight excluding hydrogens is 312 g/mol. The van der Waals surface area contributed by atoms with E-state index in [1.165, 1.54) is 6.42 Å². The second kappa shape index (κ2) is 7.93. The number of nitrogens with one attached hydrogen (secondary N) is 1. The van der Waals surface area contributed by atoms with Gasteiger partial charge >= 0.3 is 0 Å². The second-order valence-corrected chi connectivity index (χ2v) is 8.11. The Morgan fingerprint density at radius 3 is 2.57 bits per heavy atom. The molecular formula is C17H26N2O3S. The van der Waals surface area contributed by atoms with Crippen molar-refractivity contribution in [3.63, 3.8) is 0 Å². The number of sulfonamides is 1. The molecule has 5 nitrogen and oxygen atoms in total. The molecule has 6 heteroatoms. The molecule has 128 valence electrons. The van der Waals surface area contributed by atoms with E-state index >= 15 is 0 Å². The van der Waals surface area contributed by atoms with E-state index in [1.54, 1.807) is 12.1 Å². The molecule has 1 N–H and O–H groups in total. The van der Waals surface area contributed by atoms with Crippen LogP contribution in [0.1, 0.15) is 55.5 Å². The highest BCUT2D eigenvalue weighted by atomic mass is 32.2. The first-order valence-corrected chi connectivity index (χ1v) is 9.95. The van der Waals surface area contributed by atoms with E-state index in [4.69, 9.17) is 0 Å². The number of likely N-dealkylation sites (tertiary alicyclic amines) is 1. The van der Waals surface area contributed by atoms with Crippen LogP contribution < -0.4 is 4.72 Å². The monoisotopic (exact) mass is 338 g/mol. The number of carbonyl (C=O) groups is 1. The maximum Gasteiger partial charge on any atom is 0.254 e. The van der Waals surface area contributed by atoms with Crippen molar-refractivity contribution < 1.29 is 13.2 Å². The number of benzene rings is 1. The SMILES string of the molecule is CCCS(=O)(=O)NCc1ccc(C(=O)N2CCCC[C@@H]2C)cc1. The van der Waals surface area contributed by atoms with E-state index in [1.807, 2.05) is 24.0 Å². The summed E-state index contributed by atoms with van der Waals surface area (Å²) in [5.41, 5.74) is 1.52. The van der Waals surface area contributed by atoms with Crippen LogP contribution in [0.5, 0.6) is 0 Å². The van der Waals surface area contributed by atoms with Crippen LogP contribution in [-0.2, 0) is 16.6 Å². The molecule has 0 bridgehead atoms. The van der Waals surface area contributed by atoms with Gasteiger partial charge in [0.25, 0.3) is 5.91 Å². The van der Waals surface area contributed by atoms with Crippen LogP contribution in [0.4, 0.5) is 0 Å². The van der Waals surface area contributed by atoms with Crippen LogP contribution in [0.2, 0.25) is 0 Å². The fourth-order valence-electron chi connectivity index (χ4n) is 2.87. The number of rotatable bonds is 6. The molecule has 2 rings (SSSR count). The number of hydrogen-bond donors (Lipinski definition) is 1. The van der Waals surface area contributed by atoms with Crippen LogP contribution >= 0.6 is 0 Å². The van der Waals surface area contributed by atoms with Gasteiger partial charge in [-0.1, -0.05) is 19.1 Å². The number of carbonyl (C=O) groups excluding carboxylic acids is 1. The van der Waals surface area contributed by atoms with E-state index in [0.717, 1.165) is 24.9 Å². The lowest BCUT2D eigenvalue weighted by Crippen LogP contribution is -2.42. The summed E-state index contributed by atoms with van der Waals surface area (Å²) in [6.45, 7) is 5.00. The lowest BCUT2D eigenvalue weighted by atomic mass is 10.0. The lowest BCUT2D eigenvalue weighted by Gasteiger charge is -2.33. The number of hydrogen-bond acceptors (Lipinski definition) is 3. The summed E-state index contributed by atoms with van der Waals surface area (Å²) in [6.07, 6.45) is 3.90.